The largest absolute Gasteiger partial charge is 0.478 e. The summed E-state index contributed by atoms with van der Waals surface area (Å²) in [6.07, 6.45) is 0.498. The second kappa shape index (κ2) is 15.3. The number of carboxylic acid groups (broad SMARTS) is 1. The molecule has 49 heavy (non-hydrogen) atoms. The first-order valence-electron chi connectivity index (χ1n) is 15.5. The van der Waals surface area contributed by atoms with Gasteiger partial charge in [-0.25, -0.2) is 4.79 Å². The maximum absolute atomic E-state index is 13.2. The molecule has 2 aromatic heterocycles. The molecule has 0 saturated heterocycles. The molecule has 0 unspecified atom stereocenters. The van der Waals surface area contributed by atoms with Crippen molar-refractivity contribution >= 4 is 58.0 Å². The van der Waals surface area contributed by atoms with Crippen molar-refractivity contribution in [2.24, 2.45) is 4.99 Å². The van der Waals surface area contributed by atoms with E-state index < -0.39 is 12.0 Å². The third kappa shape index (κ3) is 8.22. The summed E-state index contributed by atoms with van der Waals surface area (Å²) in [5, 5.41) is 28.0. The summed E-state index contributed by atoms with van der Waals surface area (Å²) in [5.74, 6) is 4.73. The van der Waals surface area contributed by atoms with Crippen LogP contribution >= 0.6 is 22.9 Å². The molecule has 252 valence electrons. The van der Waals surface area contributed by atoms with E-state index in [1.165, 1.54) is 25.1 Å². The minimum absolute atomic E-state index is 0.0239. The molecular formula is C35H34ClN7O5S. The van der Waals surface area contributed by atoms with Gasteiger partial charge in [0, 0.05) is 52.2 Å². The molecule has 5 rings (SSSR count). The Balaban J connectivity index is 1.23. The highest BCUT2D eigenvalue weighted by atomic mass is 35.5. The normalized spacial score (nSPS) is 13.2. The summed E-state index contributed by atoms with van der Waals surface area (Å²) < 4.78 is 1.98. The first-order valence-corrected chi connectivity index (χ1v) is 16.7. The number of aromatic nitrogens is 3. The van der Waals surface area contributed by atoms with Crippen LogP contribution in [-0.4, -0.2) is 62.4 Å². The minimum atomic E-state index is -1.16. The van der Waals surface area contributed by atoms with Gasteiger partial charge >= 0.3 is 5.97 Å². The van der Waals surface area contributed by atoms with Gasteiger partial charge in [0.15, 0.2) is 5.82 Å². The maximum Gasteiger partial charge on any atom is 0.336 e. The van der Waals surface area contributed by atoms with E-state index in [4.69, 9.17) is 16.6 Å². The zero-order valence-electron chi connectivity index (χ0n) is 27.3. The number of nitrogens with zero attached hydrogens (tertiary/aromatic N) is 4. The molecule has 12 nitrogen and oxygen atoms in total. The van der Waals surface area contributed by atoms with Crippen LogP contribution in [0.4, 0.5) is 5.69 Å². The van der Waals surface area contributed by atoms with Crippen LogP contribution in [0.15, 0.2) is 47.5 Å². The average molecular weight is 700 g/mol. The lowest BCUT2D eigenvalue weighted by atomic mass is 9.99. The molecule has 1 aliphatic heterocycles. The summed E-state index contributed by atoms with van der Waals surface area (Å²) in [6.45, 7) is 7.67. The molecule has 0 fully saturated rings. The van der Waals surface area contributed by atoms with Crippen LogP contribution in [0.25, 0.3) is 5.00 Å². The topological polar surface area (TPSA) is 168 Å². The van der Waals surface area contributed by atoms with Crippen LogP contribution in [0.1, 0.15) is 81.4 Å². The molecule has 14 heteroatoms. The summed E-state index contributed by atoms with van der Waals surface area (Å²) >= 11 is 7.82. The lowest BCUT2D eigenvalue weighted by Crippen LogP contribution is -2.27. The van der Waals surface area contributed by atoms with Gasteiger partial charge in [0.1, 0.15) is 16.9 Å². The van der Waals surface area contributed by atoms with Crippen LogP contribution in [0.3, 0.4) is 0 Å². The number of aliphatic imine (C=N–C) groups is 1. The number of benzene rings is 2. The fourth-order valence-corrected chi connectivity index (χ4v) is 6.64. The highest BCUT2D eigenvalue weighted by Crippen LogP contribution is 2.39. The predicted molar refractivity (Wildman–Crippen MR) is 188 cm³/mol. The number of carbonyl (C=O) groups excluding carboxylic acids is 3. The van der Waals surface area contributed by atoms with Crippen molar-refractivity contribution in [3.63, 3.8) is 0 Å². The highest BCUT2D eigenvalue weighted by Gasteiger charge is 2.32. The minimum Gasteiger partial charge on any atom is -0.478 e. The number of fused-ring (bicyclic) bond motifs is 3. The molecule has 0 bridgehead atoms. The first-order chi connectivity index (χ1) is 23.4. The number of carbonyl (C=O) groups is 4. The molecule has 0 spiro atoms. The molecule has 4 aromatic rings. The highest BCUT2D eigenvalue weighted by molar-refractivity contribution is 7.15. The van der Waals surface area contributed by atoms with Gasteiger partial charge in [-0.1, -0.05) is 35.6 Å². The molecule has 2 aromatic carbocycles. The smallest absolute Gasteiger partial charge is 0.336 e. The van der Waals surface area contributed by atoms with E-state index >= 15 is 0 Å². The van der Waals surface area contributed by atoms with E-state index in [2.05, 4.69) is 51.8 Å². The number of thiophene rings is 1. The Morgan fingerprint density at radius 3 is 2.49 bits per heavy atom. The number of nitrogens with one attached hydrogen (secondary N) is 3. The predicted octanol–water partition coefficient (Wildman–Crippen LogP) is 4.91. The second-order valence-corrected chi connectivity index (χ2v) is 13.0. The van der Waals surface area contributed by atoms with Crippen molar-refractivity contribution in [3.8, 4) is 16.8 Å². The van der Waals surface area contributed by atoms with Crippen molar-refractivity contribution < 1.29 is 24.3 Å². The van der Waals surface area contributed by atoms with E-state index in [9.17, 15) is 24.3 Å². The van der Waals surface area contributed by atoms with E-state index in [0.717, 1.165) is 32.3 Å². The number of rotatable bonds is 10. The molecule has 0 radical (unpaired) electrons. The van der Waals surface area contributed by atoms with Crippen molar-refractivity contribution in [1.82, 2.24) is 25.4 Å². The van der Waals surface area contributed by atoms with Gasteiger partial charge in [-0.2, -0.15) is 0 Å². The standard InChI is InChI=1S/C35H34ClN7O5S/c1-19-20(2)49-34-31(19)32(23-9-11-25(36)12-10-23)40-28(33-42-41-21(3)43(33)34)18-30(46)38-16-6-8-29(45)39-26-13-14-27(35(47)48)24(17-26)7-5-15-37-22(4)44/h9-14,17,28H,6,8,15-16,18H2,1-4H3,(H,37,44)(H,38,46)(H,39,45)(H,47,48)/t28-/m0/s1. The number of hydrogen-bond acceptors (Lipinski definition) is 8. The Labute approximate surface area is 292 Å². The zero-order valence-corrected chi connectivity index (χ0v) is 28.9. The molecule has 3 amide bonds. The number of aryl methyl sites for hydroxylation is 2. The summed E-state index contributed by atoms with van der Waals surface area (Å²) in [6, 6.07) is 11.2. The first kappa shape index (κ1) is 35.0. The fraction of sp³-hybridized carbons (Fsp3) is 0.286. The lowest BCUT2D eigenvalue weighted by molar-refractivity contribution is -0.122. The van der Waals surface area contributed by atoms with Gasteiger partial charge in [0.05, 0.1) is 24.2 Å². The van der Waals surface area contributed by atoms with Crippen molar-refractivity contribution in [2.75, 3.05) is 18.4 Å². The van der Waals surface area contributed by atoms with Gasteiger partial charge in [-0.05, 0) is 63.1 Å². The molecule has 1 atom stereocenters. The molecular weight excluding hydrogens is 666 g/mol. The number of amides is 3. The van der Waals surface area contributed by atoms with E-state index in [1.54, 1.807) is 11.3 Å². The van der Waals surface area contributed by atoms with Gasteiger partial charge in [-0.15, -0.1) is 21.5 Å². The second-order valence-electron chi connectivity index (χ2n) is 11.4. The average Bonchev–Trinajstić information content (AvgIpc) is 3.53. The monoisotopic (exact) mass is 699 g/mol. The van der Waals surface area contributed by atoms with Gasteiger partial charge in [0.25, 0.3) is 0 Å². The van der Waals surface area contributed by atoms with Crippen molar-refractivity contribution in [1.29, 1.82) is 0 Å². The van der Waals surface area contributed by atoms with Crippen molar-refractivity contribution in [3.05, 3.63) is 91.8 Å². The van der Waals surface area contributed by atoms with Crippen molar-refractivity contribution in [2.45, 2.75) is 53.0 Å². The fourth-order valence-electron chi connectivity index (χ4n) is 5.30. The van der Waals surface area contributed by atoms with E-state index in [1.807, 2.05) is 35.8 Å². The SMILES string of the molecule is CC(=O)NCC#Cc1cc(NC(=O)CCCNC(=O)C[C@@H]2N=C(c3ccc(Cl)cc3)c3c(sc(C)c3C)-n3c(C)nnc32)ccc1C(=O)O. The van der Waals surface area contributed by atoms with Gasteiger partial charge in [-0.3, -0.25) is 23.9 Å². The van der Waals surface area contributed by atoms with Gasteiger partial charge in [0.2, 0.25) is 17.7 Å². The zero-order chi connectivity index (χ0) is 35.2. The summed E-state index contributed by atoms with van der Waals surface area (Å²) in [7, 11) is 0. The number of anilines is 1. The summed E-state index contributed by atoms with van der Waals surface area (Å²) in [5.41, 5.74) is 4.26. The van der Waals surface area contributed by atoms with E-state index in [0.29, 0.717) is 28.8 Å². The van der Waals surface area contributed by atoms with Crippen LogP contribution in [0.5, 0.6) is 0 Å². The number of hydrogen-bond donors (Lipinski definition) is 4. The van der Waals surface area contributed by atoms with Crippen LogP contribution < -0.4 is 16.0 Å². The van der Waals surface area contributed by atoms with Gasteiger partial charge < -0.3 is 21.1 Å². The summed E-state index contributed by atoms with van der Waals surface area (Å²) in [4.78, 5) is 54.8. The maximum atomic E-state index is 13.2. The Morgan fingerprint density at radius 1 is 1.02 bits per heavy atom. The molecule has 0 saturated carbocycles. The Bertz CT molecular complexity index is 2040. The van der Waals surface area contributed by atoms with Crippen LogP contribution in [0.2, 0.25) is 5.02 Å². The molecule has 4 N–H and O–H groups in total. The van der Waals surface area contributed by atoms with E-state index in [-0.39, 0.29) is 54.8 Å². The molecule has 1 aliphatic rings. The number of aromatic carboxylic acids is 1. The number of halogens is 1. The van der Waals surface area contributed by atoms with Crippen LogP contribution in [-0.2, 0) is 14.4 Å². The van der Waals surface area contributed by atoms with Crippen LogP contribution in [0, 0.1) is 32.6 Å². The third-order valence-corrected chi connectivity index (χ3v) is 9.27. The molecule has 3 heterocycles. The third-order valence-electron chi connectivity index (χ3n) is 7.82. The Hall–Kier alpha value is -5.32. The Morgan fingerprint density at radius 2 is 1.78 bits per heavy atom. The number of carboxylic acids is 1. The molecule has 0 aliphatic carbocycles. The Kier molecular flexibility index (Phi) is 10.9. The lowest BCUT2D eigenvalue weighted by Gasteiger charge is -2.13. The quantitative estimate of drug-likeness (QED) is 0.135.